The lowest BCUT2D eigenvalue weighted by Crippen LogP contribution is -2.36. The van der Waals surface area contributed by atoms with E-state index in [1.165, 1.54) is 12.1 Å². The van der Waals surface area contributed by atoms with Crippen LogP contribution in [-0.4, -0.2) is 36.0 Å². The molecule has 0 aromatic heterocycles. The quantitative estimate of drug-likeness (QED) is 0.870. The van der Waals surface area contributed by atoms with Gasteiger partial charge in [0.15, 0.2) is 0 Å². The van der Waals surface area contributed by atoms with Crippen molar-refractivity contribution in [3.8, 4) is 0 Å². The van der Waals surface area contributed by atoms with Crippen LogP contribution in [0, 0.1) is 11.7 Å². The number of hydrogen-bond donors (Lipinski definition) is 1. The molecule has 4 nitrogen and oxygen atoms in total. The summed E-state index contributed by atoms with van der Waals surface area (Å²) in [5, 5.41) is 2.45. The summed E-state index contributed by atoms with van der Waals surface area (Å²) in [7, 11) is 0. The highest BCUT2D eigenvalue weighted by atomic mass is 19.4. The number of likely N-dealkylation sites (tertiary alicyclic amines) is 1. The van der Waals surface area contributed by atoms with Gasteiger partial charge in [-0.3, -0.25) is 9.59 Å². The van der Waals surface area contributed by atoms with Gasteiger partial charge in [0.05, 0.1) is 5.92 Å². The van der Waals surface area contributed by atoms with Gasteiger partial charge in [-0.05, 0) is 24.3 Å². The third kappa shape index (κ3) is 4.17. The lowest BCUT2D eigenvalue weighted by atomic mass is 10.1. The Bertz CT molecular complexity index is 542. The molecule has 1 aliphatic heterocycles. The van der Waals surface area contributed by atoms with Gasteiger partial charge in [0.1, 0.15) is 12.4 Å². The van der Waals surface area contributed by atoms with E-state index in [1.807, 2.05) is 0 Å². The second-order valence-electron chi connectivity index (χ2n) is 4.79. The Hall–Kier alpha value is -2.12. The Morgan fingerprint density at radius 2 is 1.90 bits per heavy atom. The first-order valence-corrected chi connectivity index (χ1v) is 6.15. The Morgan fingerprint density at radius 1 is 1.29 bits per heavy atom. The smallest absolute Gasteiger partial charge is 0.333 e. The number of carbonyl (C=O) groups excluding carboxylic acids is 2. The molecule has 8 heteroatoms. The van der Waals surface area contributed by atoms with E-state index in [9.17, 15) is 27.2 Å². The van der Waals surface area contributed by atoms with Gasteiger partial charge >= 0.3 is 6.18 Å². The Morgan fingerprint density at radius 3 is 2.48 bits per heavy atom. The van der Waals surface area contributed by atoms with E-state index in [1.54, 1.807) is 0 Å². The molecule has 0 saturated carbocycles. The van der Waals surface area contributed by atoms with Crippen LogP contribution in [0.5, 0.6) is 0 Å². The highest BCUT2D eigenvalue weighted by Crippen LogP contribution is 2.24. The number of rotatable bonds is 3. The molecule has 21 heavy (non-hydrogen) atoms. The number of amides is 2. The molecule has 1 aromatic rings. The Kier molecular flexibility index (Phi) is 4.15. The zero-order chi connectivity index (χ0) is 15.6. The minimum atomic E-state index is -4.49. The maximum absolute atomic E-state index is 12.7. The summed E-state index contributed by atoms with van der Waals surface area (Å²) in [5.41, 5.74) is 0.322. The molecule has 1 atom stereocenters. The number of carbonyl (C=O) groups is 2. The van der Waals surface area contributed by atoms with Gasteiger partial charge in [-0.2, -0.15) is 13.2 Å². The van der Waals surface area contributed by atoms with Crippen LogP contribution in [0.4, 0.5) is 23.2 Å². The third-order valence-electron chi connectivity index (χ3n) is 3.07. The van der Waals surface area contributed by atoms with Crippen molar-refractivity contribution in [1.29, 1.82) is 0 Å². The molecule has 1 heterocycles. The maximum atomic E-state index is 12.7. The van der Waals surface area contributed by atoms with E-state index in [0.29, 0.717) is 10.6 Å². The Labute approximate surface area is 117 Å². The number of hydrogen-bond acceptors (Lipinski definition) is 2. The van der Waals surface area contributed by atoms with Gasteiger partial charge in [0.2, 0.25) is 11.8 Å². The molecule has 2 amide bonds. The highest BCUT2D eigenvalue weighted by molar-refractivity contribution is 5.97. The topological polar surface area (TPSA) is 49.4 Å². The molecule has 0 radical (unpaired) electrons. The molecule has 1 aromatic carbocycles. The van der Waals surface area contributed by atoms with Gasteiger partial charge in [-0.1, -0.05) is 0 Å². The first-order chi connectivity index (χ1) is 9.74. The zero-order valence-corrected chi connectivity index (χ0v) is 10.8. The summed E-state index contributed by atoms with van der Waals surface area (Å²) in [6, 6.07) is 4.95. The zero-order valence-electron chi connectivity index (χ0n) is 10.8. The lowest BCUT2D eigenvalue weighted by molar-refractivity contribution is -0.157. The monoisotopic (exact) mass is 304 g/mol. The second-order valence-corrected chi connectivity index (χ2v) is 4.79. The summed E-state index contributed by atoms with van der Waals surface area (Å²) in [5.74, 6) is -2.57. The fourth-order valence-electron chi connectivity index (χ4n) is 2.09. The van der Waals surface area contributed by atoms with Gasteiger partial charge in [0, 0.05) is 18.7 Å². The normalized spacial score (nSPS) is 19.0. The van der Waals surface area contributed by atoms with Gasteiger partial charge in [-0.15, -0.1) is 0 Å². The molecule has 0 aliphatic carbocycles. The first kappa shape index (κ1) is 15.3. The van der Waals surface area contributed by atoms with Crippen LogP contribution >= 0.6 is 0 Å². The summed E-state index contributed by atoms with van der Waals surface area (Å²) in [6.45, 7) is -1.63. The molecule has 1 fully saturated rings. The van der Waals surface area contributed by atoms with E-state index in [0.717, 1.165) is 12.1 Å². The molecule has 114 valence electrons. The number of alkyl halides is 3. The van der Waals surface area contributed by atoms with Crippen molar-refractivity contribution in [3.63, 3.8) is 0 Å². The summed E-state index contributed by atoms with van der Waals surface area (Å²) < 4.78 is 49.5. The van der Waals surface area contributed by atoms with E-state index in [2.05, 4.69) is 5.32 Å². The van der Waals surface area contributed by atoms with Crippen molar-refractivity contribution in [2.45, 2.75) is 12.6 Å². The fraction of sp³-hybridized carbons (Fsp3) is 0.385. The second kappa shape index (κ2) is 5.71. The van der Waals surface area contributed by atoms with Crippen molar-refractivity contribution in [3.05, 3.63) is 30.1 Å². The molecule has 1 aliphatic rings. The fourth-order valence-corrected chi connectivity index (χ4v) is 2.09. The number of halogens is 4. The van der Waals surface area contributed by atoms with Crippen molar-refractivity contribution in [1.82, 2.24) is 4.90 Å². The van der Waals surface area contributed by atoms with Crippen molar-refractivity contribution in [2.75, 3.05) is 18.4 Å². The SMILES string of the molecule is O=C(Nc1ccc(F)cc1)[C@H]1CC(=O)N(CC(F)(F)F)C1. The predicted molar refractivity (Wildman–Crippen MR) is 65.8 cm³/mol. The number of nitrogens with zero attached hydrogens (tertiary/aromatic N) is 1. The largest absolute Gasteiger partial charge is 0.406 e. The van der Waals surface area contributed by atoms with Crippen molar-refractivity contribution in [2.24, 2.45) is 5.92 Å². The van der Waals surface area contributed by atoms with Crippen LogP contribution in [-0.2, 0) is 9.59 Å². The molecule has 1 saturated heterocycles. The van der Waals surface area contributed by atoms with Gasteiger partial charge in [-0.25, -0.2) is 4.39 Å². The maximum Gasteiger partial charge on any atom is 0.406 e. The summed E-state index contributed by atoms with van der Waals surface area (Å²) in [4.78, 5) is 24.0. The average Bonchev–Trinajstić information content (AvgIpc) is 2.72. The van der Waals surface area contributed by atoms with E-state index in [4.69, 9.17) is 0 Å². The molecule has 0 unspecified atom stereocenters. The molecular formula is C13H12F4N2O2. The van der Waals surface area contributed by atoms with Crippen LogP contribution in [0.2, 0.25) is 0 Å². The van der Waals surface area contributed by atoms with E-state index >= 15 is 0 Å². The van der Waals surface area contributed by atoms with Crippen LogP contribution in [0.3, 0.4) is 0 Å². The van der Waals surface area contributed by atoms with Crippen LogP contribution in [0.15, 0.2) is 24.3 Å². The van der Waals surface area contributed by atoms with Crippen molar-refractivity contribution < 1.29 is 27.2 Å². The van der Waals surface area contributed by atoms with Crippen molar-refractivity contribution >= 4 is 17.5 Å². The van der Waals surface area contributed by atoms with Crippen LogP contribution in [0.1, 0.15) is 6.42 Å². The number of benzene rings is 1. The standard InChI is InChI=1S/C13H12F4N2O2/c14-9-1-3-10(4-2-9)18-12(21)8-5-11(20)19(6-8)7-13(15,16)17/h1-4,8H,5-7H2,(H,18,21)/t8-/m0/s1. The van der Waals surface area contributed by atoms with Crippen LogP contribution in [0.25, 0.3) is 0 Å². The lowest BCUT2D eigenvalue weighted by Gasteiger charge is -2.18. The van der Waals surface area contributed by atoms with E-state index < -0.39 is 36.3 Å². The number of nitrogens with one attached hydrogen (secondary N) is 1. The average molecular weight is 304 g/mol. The molecule has 0 bridgehead atoms. The highest BCUT2D eigenvalue weighted by Gasteiger charge is 2.40. The predicted octanol–water partition coefficient (Wildman–Crippen LogP) is 2.17. The third-order valence-corrected chi connectivity index (χ3v) is 3.07. The molecule has 0 spiro atoms. The minimum Gasteiger partial charge on any atom is -0.333 e. The first-order valence-electron chi connectivity index (χ1n) is 6.15. The molecule has 2 rings (SSSR count). The minimum absolute atomic E-state index is 0.261. The summed E-state index contributed by atoms with van der Waals surface area (Å²) in [6.07, 6.45) is -4.75. The summed E-state index contributed by atoms with van der Waals surface area (Å²) >= 11 is 0. The van der Waals surface area contributed by atoms with Gasteiger partial charge < -0.3 is 10.2 Å². The Balaban J connectivity index is 1.95. The molecular weight excluding hydrogens is 292 g/mol. The molecule has 1 N–H and O–H groups in total. The van der Waals surface area contributed by atoms with E-state index in [-0.39, 0.29) is 13.0 Å². The number of anilines is 1. The van der Waals surface area contributed by atoms with Gasteiger partial charge in [0.25, 0.3) is 0 Å². The van der Waals surface area contributed by atoms with Crippen LogP contribution < -0.4 is 5.32 Å².